The Morgan fingerprint density at radius 2 is 1.92 bits per heavy atom. The predicted molar refractivity (Wildman–Crippen MR) is 95.2 cm³/mol. The molecule has 1 heterocycles. The number of fused-ring (bicyclic) bond motifs is 1. The standard InChI is InChI=1S/C17H24O5S2/c1-5-20-15(19)14-10-8-9-11(16(21-6-2)22-7-3)13(18)12(10)17(23-4)24-14/h11,16H,5-9H2,1-4H3. The van der Waals surface area contributed by atoms with Gasteiger partial charge in [-0.1, -0.05) is 0 Å². The van der Waals surface area contributed by atoms with E-state index in [1.165, 1.54) is 23.1 Å². The van der Waals surface area contributed by atoms with Crippen molar-refractivity contribution in [1.82, 2.24) is 0 Å². The lowest BCUT2D eigenvalue weighted by Crippen LogP contribution is -2.36. The first-order valence-electron chi connectivity index (χ1n) is 8.23. The first-order valence-corrected chi connectivity index (χ1v) is 10.3. The zero-order valence-electron chi connectivity index (χ0n) is 14.5. The molecule has 134 valence electrons. The topological polar surface area (TPSA) is 61.8 Å². The summed E-state index contributed by atoms with van der Waals surface area (Å²) in [5.41, 5.74) is 1.49. The molecule has 0 saturated carbocycles. The van der Waals surface area contributed by atoms with Crippen molar-refractivity contribution < 1.29 is 23.8 Å². The number of ether oxygens (including phenoxy) is 3. The van der Waals surface area contributed by atoms with E-state index in [9.17, 15) is 9.59 Å². The fraction of sp³-hybridized carbons (Fsp3) is 0.647. The summed E-state index contributed by atoms with van der Waals surface area (Å²) >= 11 is 2.85. The van der Waals surface area contributed by atoms with Crippen LogP contribution in [0.3, 0.4) is 0 Å². The Hall–Kier alpha value is -0.890. The van der Waals surface area contributed by atoms with Gasteiger partial charge in [-0.15, -0.1) is 23.1 Å². The number of thiophene rings is 1. The number of thioether (sulfide) groups is 1. The van der Waals surface area contributed by atoms with Crippen LogP contribution in [0.5, 0.6) is 0 Å². The largest absolute Gasteiger partial charge is 0.462 e. The number of Topliss-reactive ketones (excluding diaryl/α,β-unsaturated/α-hetero) is 1. The normalized spacial score (nSPS) is 17.2. The van der Waals surface area contributed by atoms with Crippen LogP contribution in [0, 0.1) is 5.92 Å². The molecule has 0 aromatic carbocycles. The van der Waals surface area contributed by atoms with Gasteiger partial charge >= 0.3 is 5.97 Å². The second-order valence-corrected chi connectivity index (χ2v) is 7.38. The first-order chi connectivity index (χ1) is 11.6. The number of esters is 1. The van der Waals surface area contributed by atoms with E-state index in [0.717, 1.165) is 9.77 Å². The van der Waals surface area contributed by atoms with Crippen LogP contribution in [0.25, 0.3) is 0 Å². The van der Waals surface area contributed by atoms with Gasteiger partial charge in [0.1, 0.15) is 4.88 Å². The van der Waals surface area contributed by atoms with Gasteiger partial charge in [-0.05, 0) is 45.4 Å². The van der Waals surface area contributed by atoms with E-state index in [-0.39, 0.29) is 17.7 Å². The Bertz CT molecular complexity index is 590. The van der Waals surface area contributed by atoms with Crippen LogP contribution in [-0.2, 0) is 20.6 Å². The Kier molecular flexibility index (Phi) is 7.28. The Labute approximate surface area is 151 Å². The summed E-state index contributed by atoms with van der Waals surface area (Å²) in [5, 5.41) is 0. The molecule has 1 aliphatic rings. The van der Waals surface area contributed by atoms with E-state index in [1.807, 2.05) is 20.1 Å². The quantitative estimate of drug-likeness (QED) is 0.393. The van der Waals surface area contributed by atoms with Crippen molar-refractivity contribution in [3.8, 4) is 0 Å². The van der Waals surface area contributed by atoms with Crippen molar-refractivity contribution >= 4 is 34.9 Å². The lowest BCUT2D eigenvalue weighted by Gasteiger charge is -2.29. The van der Waals surface area contributed by atoms with Crippen molar-refractivity contribution in [3.05, 3.63) is 16.0 Å². The van der Waals surface area contributed by atoms with Crippen molar-refractivity contribution in [1.29, 1.82) is 0 Å². The average Bonchev–Trinajstić information content (AvgIpc) is 2.95. The molecule has 2 rings (SSSR count). The van der Waals surface area contributed by atoms with Crippen molar-refractivity contribution in [2.45, 2.75) is 44.1 Å². The molecular weight excluding hydrogens is 348 g/mol. The monoisotopic (exact) mass is 372 g/mol. The van der Waals surface area contributed by atoms with Crippen molar-refractivity contribution in [3.63, 3.8) is 0 Å². The maximum Gasteiger partial charge on any atom is 0.348 e. The van der Waals surface area contributed by atoms with Gasteiger partial charge in [0.25, 0.3) is 0 Å². The molecule has 1 aromatic rings. The Morgan fingerprint density at radius 3 is 2.46 bits per heavy atom. The van der Waals surface area contributed by atoms with E-state index in [1.54, 1.807) is 6.92 Å². The molecule has 7 heteroatoms. The molecule has 1 unspecified atom stereocenters. The first kappa shape index (κ1) is 19.4. The van der Waals surface area contributed by atoms with Crippen molar-refractivity contribution in [2.75, 3.05) is 26.1 Å². The number of ketones is 1. The van der Waals surface area contributed by atoms with Gasteiger partial charge in [0, 0.05) is 18.8 Å². The molecule has 0 aliphatic heterocycles. The third kappa shape index (κ3) is 3.85. The lowest BCUT2D eigenvalue weighted by molar-refractivity contribution is -0.158. The second-order valence-electron chi connectivity index (χ2n) is 5.29. The van der Waals surface area contributed by atoms with Gasteiger partial charge in [-0.3, -0.25) is 4.79 Å². The minimum Gasteiger partial charge on any atom is -0.462 e. The van der Waals surface area contributed by atoms with Crippen LogP contribution in [0.4, 0.5) is 0 Å². The molecule has 0 N–H and O–H groups in total. The van der Waals surface area contributed by atoms with E-state index in [2.05, 4.69) is 0 Å². The molecule has 0 fully saturated rings. The summed E-state index contributed by atoms with van der Waals surface area (Å²) in [4.78, 5) is 25.8. The second kappa shape index (κ2) is 8.99. The molecule has 0 radical (unpaired) electrons. The van der Waals surface area contributed by atoms with Crippen LogP contribution in [0.15, 0.2) is 4.21 Å². The zero-order valence-corrected chi connectivity index (χ0v) is 16.2. The highest BCUT2D eigenvalue weighted by atomic mass is 32.2. The van der Waals surface area contributed by atoms with Gasteiger partial charge < -0.3 is 14.2 Å². The molecule has 1 aromatic heterocycles. The molecule has 0 amide bonds. The van der Waals surface area contributed by atoms with Crippen LogP contribution in [-0.4, -0.2) is 44.1 Å². The van der Waals surface area contributed by atoms with Gasteiger partial charge in [-0.25, -0.2) is 4.79 Å². The predicted octanol–water partition coefficient (Wildman–Crippen LogP) is 3.79. The summed E-state index contributed by atoms with van der Waals surface area (Å²) in [6.07, 6.45) is 2.67. The number of hydrogen-bond donors (Lipinski definition) is 0. The molecule has 24 heavy (non-hydrogen) atoms. The number of rotatable bonds is 8. The third-order valence-corrected chi connectivity index (χ3v) is 6.23. The highest BCUT2D eigenvalue weighted by Gasteiger charge is 2.39. The fourth-order valence-electron chi connectivity index (χ4n) is 2.92. The van der Waals surface area contributed by atoms with E-state index in [4.69, 9.17) is 14.2 Å². The number of hydrogen-bond acceptors (Lipinski definition) is 7. The van der Waals surface area contributed by atoms with Crippen LogP contribution < -0.4 is 0 Å². The van der Waals surface area contributed by atoms with Gasteiger partial charge in [0.2, 0.25) is 0 Å². The average molecular weight is 373 g/mol. The molecule has 1 atom stereocenters. The van der Waals surface area contributed by atoms with E-state index < -0.39 is 6.29 Å². The van der Waals surface area contributed by atoms with E-state index >= 15 is 0 Å². The number of carbonyl (C=O) groups is 2. The van der Waals surface area contributed by atoms with Crippen LogP contribution >= 0.6 is 23.1 Å². The molecule has 0 saturated heterocycles. The van der Waals surface area contributed by atoms with Gasteiger partial charge in [0.05, 0.1) is 16.7 Å². The zero-order chi connectivity index (χ0) is 17.7. The summed E-state index contributed by atoms with van der Waals surface area (Å²) in [5.74, 6) is -0.649. The van der Waals surface area contributed by atoms with Gasteiger partial charge in [0.15, 0.2) is 12.1 Å². The highest BCUT2D eigenvalue weighted by Crippen LogP contribution is 2.42. The lowest BCUT2D eigenvalue weighted by atomic mass is 9.83. The maximum absolute atomic E-state index is 13.1. The molecule has 0 bridgehead atoms. The molecule has 1 aliphatic carbocycles. The third-order valence-electron chi connectivity index (χ3n) is 3.90. The van der Waals surface area contributed by atoms with Crippen molar-refractivity contribution in [2.24, 2.45) is 5.92 Å². The minimum atomic E-state index is -0.527. The Morgan fingerprint density at radius 1 is 1.25 bits per heavy atom. The summed E-state index contributed by atoms with van der Waals surface area (Å²) in [7, 11) is 0. The fourth-order valence-corrected chi connectivity index (χ4v) is 4.91. The van der Waals surface area contributed by atoms with Crippen LogP contribution in [0.2, 0.25) is 0 Å². The maximum atomic E-state index is 13.1. The number of carbonyl (C=O) groups excluding carboxylic acids is 2. The van der Waals surface area contributed by atoms with Crippen LogP contribution in [0.1, 0.15) is 52.8 Å². The smallest absolute Gasteiger partial charge is 0.348 e. The Balaban J connectivity index is 2.37. The van der Waals surface area contributed by atoms with Gasteiger partial charge in [-0.2, -0.15) is 0 Å². The molecule has 5 nitrogen and oxygen atoms in total. The SMILES string of the molecule is CCOC(=O)c1sc(SC)c2c1CCC(C(OCC)OCC)C2=O. The summed E-state index contributed by atoms with van der Waals surface area (Å²) in [6, 6.07) is 0. The summed E-state index contributed by atoms with van der Waals surface area (Å²) in [6.45, 7) is 6.88. The molecular formula is C17H24O5S2. The summed E-state index contributed by atoms with van der Waals surface area (Å²) < 4.78 is 17.3. The minimum absolute atomic E-state index is 0.0132. The highest BCUT2D eigenvalue weighted by molar-refractivity contribution is 8.00. The van der Waals surface area contributed by atoms with E-state index in [0.29, 0.717) is 43.1 Å². The molecule has 0 spiro atoms.